The molecule has 1 rings (SSSR count). The number of benzene rings is 1. The van der Waals surface area contributed by atoms with Gasteiger partial charge in [0.05, 0.1) is 5.02 Å². The van der Waals surface area contributed by atoms with Crippen molar-refractivity contribution in [3.8, 4) is 0 Å². The molecule has 1 atom stereocenters. The van der Waals surface area contributed by atoms with Crippen molar-refractivity contribution in [1.29, 1.82) is 0 Å². The average molecular weight is 286 g/mol. The quantitative estimate of drug-likeness (QED) is 0.722. The summed E-state index contributed by atoms with van der Waals surface area (Å²) >= 11 is 5.81. The summed E-state index contributed by atoms with van der Waals surface area (Å²) in [4.78, 5) is 0. The lowest BCUT2D eigenvalue weighted by atomic mass is 9.97. The van der Waals surface area contributed by atoms with Crippen LogP contribution in [-0.4, -0.2) is 12.6 Å². The van der Waals surface area contributed by atoms with E-state index >= 15 is 0 Å². The van der Waals surface area contributed by atoms with Gasteiger partial charge in [-0.1, -0.05) is 44.5 Å². The Balaban J connectivity index is 2.56. The highest BCUT2D eigenvalue weighted by Gasteiger charge is 2.12. The molecule has 0 fully saturated rings. The third-order valence-corrected chi connectivity index (χ3v) is 3.52. The Morgan fingerprint density at radius 1 is 1.32 bits per heavy atom. The molecular formula is C16H25ClFN. The minimum absolute atomic E-state index is 0.222. The van der Waals surface area contributed by atoms with Gasteiger partial charge in [0.25, 0.3) is 0 Å². The second-order valence-electron chi connectivity index (χ2n) is 5.53. The summed E-state index contributed by atoms with van der Waals surface area (Å²) in [6.07, 6.45) is 3.94. The predicted molar refractivity (Wildman–Crippen MR) is 81.3 cm³/mol. The van der Waals surface area contributed by atoms with Crippen molar-refractivity contribution in [2.75, 3.05) is 6.54 Å². The zero-order valence-electron chi connectivity index (χ0n) is 12.2. The fraction of sp³-hybridized carbons (Fsp3) is 0.625. The lowest BCUT2D eigenvalue weighted by Crippen LogP contribution is -2.31. The van der Waals surface area contributed by atoms with Gasteiger partial charge >= 0.3 is 0 Å². The molecule has 1 nitrogen and oxygen atoms in total. The third kappa shape index (κ3) is 5.92. The van der Waals surface area contributed by atoms with E-state index in [2.05, 4.69) is 26.1 Å². The van der Waals surface area contributed by atoms with Crippen molar-refractivity contribution in [3.63, 3.8) is 0 Å². The van der Waals surface area contributed by atoms with E-state index in [1.54, 1.807) is 6.07 Å². The number of aryl methyl sites for hydroxylation is 1. The van der Waals surface area contributed by atoms with Crippen LogP contribution in [0.1, 0.15) is 45.6 Å². The SMILES string of the molecule is CCCNC(CCc1cccc(Cl)c1F)CC(C)C. The summed E-state index contributed by atoms with van der Waals surface area (Å²) in [5.41, 5.74) is 0.722. The minimum Gasteiger partial charge on any atom is -0.314 e. The van der Waals surface area contributed by atoms with Crippen LogP contribution in [0.15, 0.2) is 18.2 Å². The van der Waals surface area contributed by atoms with Gasteiger partial charge in [0.1, 0.15) is 5.82 Å². The smallest absolute Gasteiger partial charge is 0.144 e. The molecule has 108 valence electrons. The molecule has 0 aromatic heterocycles. The molecule has 0 saturated carbocycles. The van der Waals surface area contributed by atoms with Gasteiger partial charge in [-0.2, -0.15) is 0 Å². The highest BCUT2D eigenvalue weighted by molar-refractivity contribution is 6.30. The van der Waals surface area contributed by atoms with Crippen LogP contribution in [0.25, 0.3) is 0 Å². The predicted octanol–water partition coefficient (Wildman–Crippen LogP) is 4.83. The molecule has 0 amide bonds. The highest BCUT2D eigenvalue weighted by Crippen LogP contribution is 2.20. The standard InChI is InChI=1S/C16H25ClFN/c1-4-10-19-14(11-12(2)3)9-8-13-6-5-7-15(17)16(13)18/h5-7,12,14,19H,4,8-11H2,1-3H3. The molecular weight excluding hydrogens is 261 g/mol. The molecule has 1 aromatic carbocycles. The summed E-state index contributed by atoms with van der Waals surface area (Å²) < 4.78 is 13.8. The fourth-order valence-corrected chi connectivity index (χ4v) is 2.49. The van der Waals surface area contributed by atoms with Crippen molar-refractivity contribution in [1.82, 2.24) is 5.32 Å². The van der Waals surface area contributed by atoms with Gasteiger partial charge in [0, 0.05) is 6.04 Å². The molecule has 3 heteroatoms. The maximum absolute atomic E-state index is 13.8. The average Bonchev–Trinajstić information content (AvgIpc) is 2.36. The summed E-state index contributed by atoms with van der Waals surface area (Å²) in [5, 5.41) is 3.77. The van der Waals surface area contributed by atoms with Crippen molar-refractivity contribution >= 4 is 11.6 Å². The number of nitrogens with one attached hydrogen (secondary N) is 1. The molecule has 0 aliphatic carbocycles. The van der Waals surface area contributed by atoms with E-state index in [1.807, 2.05) is 12.1 Å². The number of rotatable bonds is 8. The number of halogens is 2. The maximum atomic E-state index is 13.8. The van der Waals surface area contributed by atoms with Crippen molar-refractivity contribution in [2.24, 2.45) is 5.92 Å². The molecule has 1 aromatic rings. The van der Waals surface area contributed by atoms with Crippen LogP contribution < -0.4 is 5.32 Å². The topological polar surface area (TPSA) is 12.0 Å². The van der Waals surface area contributed by atoms with Gasteiger partial charge in [-0.15, -0.1) is 0 Å². The van der Waals surface area contributed by atoms with Crippen LogP contribution in [0.2, 0.25) is 5.02 Å². The van der Waals surface area contributed by atoms with Gasteiger partial charge in [-0.3, -0.25) is 0 Å². The molecule has 0 heterocycles. The highest BCUT2D eigenvalue weighted by atomic mass is 35.5. The van der Waals surface area contributed by atoms with Crippen LogP contribution in [0.5, 0.6) is 0 Å². The Hall–Kier alpha value is -0.600. The lowest BCUT2D eigenvalue weighted by molar-refractivity contribution is 0.397. The van der Waals surface area contributed by atoms with Crippen molar-refractivity contribution < 1.29 is 4.39 Å². The zero-order chi connectivity index (χ0) is 14.3. The summed E-state index contributed by atoms with van der Waals surface area (Å²) in [6, 6.07) is 5.70. The molecule has 0 aliphatic heterocycles. The van der Waals surface area contributed by atoms with E-state index in [9.17, 15) is 4.39 Å². The van der Waals surface area contributed by atoms with Gasteiger partial charge < -0.3 is 5.32 Å². The molecule has 0 aliphatic rings. The second kappa shape index (κ2) is 8.55. The Morgan fingerprint density at radius 2 is 2.05 bits per heavy atom. The first-order valence-corrected chi connectivity index (χ1v) is 7.58. The molecule has 19 heavy (non-hydrogen) atoms. The molecule has 0 saturated heterocycles. The molecule has 1 unspecified atom stereocenters. The van der Waals surface area contributed by atoms with E-state index in [4.69, 9.17) is 11.6 Å². The molecule has 0 radical (unpaired) electrons. The first-order chi connectivity index (χ1) is 9.04. The largest absolute Gasteiger partial charge is 0.314 e. The summed E-state index contributed by atoms with van der Waals surface area (Å²) in [6.45, 7) is 7.63. The van der Waals surface area contributed by atoms with Crippen molar-refractivity contribution in [2.45, 2.75) is 52.5 Å². The minimum atomic E-state index is -0.261. The first-order valence-electron chi connectivity index (χ1n) is 7.20. The Labute approximate surface area is 121 Å². The molecule has 0 spiro atoms. The number of hydrogen-bond acceptors (Lipinski definition) is 1. The van der Waals surface area contributed by atoms with E-state index in [0.29, 0.717) is 12.0 Å². The van der Waals surface area contributed by atoms with Crippen LogP contribution in [0, 0.1) is 11.7 Å². The van der Waals surface area contributed by atoms with Gasteiger partial charge in [-0.05, 0) is 49.8 Å². The normalized spacial score (nSPS) is 12.9. The summed E-state index contributed by atoms with van der Waals surface area (Å²) in [5.74, 6) is 0.390. The fourth-order valence-electron chi connectivity index (χ4n) is 2.29. The Bertz CT molecular complexity index is 379. The van der Waals surface area contributed by atoms with E-state index in [1.165, 1.54) is 0 Å². The molecule has 0 bridgehead atoms. The van der Waals surface area contributed by atoms with Crippen LogP contribution in [0.3, 0.4) is 0 Å². The van der Waals surface area contributed by atoms with Crippen LogP contribution >= 0.6 is 11.6 Å². The van der Waals surface area contributed by atoms with Gasteiger partial charge in [0.15, 0.2) is 0 Å². The Kier molecular flexibility index (Phi) is 7.40. The van der Waals surface area contributed by atoms with E-state index in [0.717, 1.165) is 37.8 Å². The van der Waals surface area contributed by atoms with Gasteiger partial charge in [-0.25, -0.2) is 4.39 Å². The first kappa shape index (κ1) is 16.5. The zero-order valence-corrected chi connectivity index (χ0v) is 12.9. The van der Waals surface area contributed by atoms with Crippen LogP contribution in [0.4, 0.5) is 4.39 Å². The third-order valence-electron chi connectivity index (χ3n) is 3.23. The lowest BCUT2D eigenvalue weighted by Gasteiger charge is -2.20. The number of hydrogen-bond donors (Lipinski definition) is 1. The summed E-state index contributed by atoms with van der Waals surface area (Å²) in [7, 11) is 0. The van der Waals surface area contributed by atoms with Crippen LogP contribution in [-0.2, 0) is 6.42 Å². The van der Waals surface area contributed by atoms with Gasteiger partial charge in [0.2, 0.25) is 0 Å². The maximum Gasteiger partial charge on any atom is 0.144 e. The Morgan fingerprint density at radius 3 is 2.68 bits per heavy atom. The van der Waals surface area contributed by atoms with E-state index < -0.39 is 0 Å². The monoisotopic (exact) mass is 285 g/mol. The molecule has 1 N–H and O–H groups in total. The van der Waals surface area contributed by atoms with Crippen molar-refractivity contribution in [3.05, 3.63) is 34.6 Å². The van der Waals surface area contributed by atoms with E-state index in [-0.39, 0.29) is 10.8 Å². The second-order valence-corrected chi connectivity index (χ2v) is 5.94.